The van der Waals surface area contributed by atoms with Gasteiger partial charge in [0.15, 0.2) is 0 Å². The van der Waals surface area contributed by atoms with E-state index in [0.29, 0.717) is 16.1 Å². The maximum absolute atomic E-state index is 8.89. The zero-order valence-corrected chi connectivity index (χ0v) is 8.85. The minimum atomic E-state index is 0.301. The normalized spacial score (nSPS) is 9.14. The Labute approximate surface area is 86.8 Å². The lowest BCUT2D eigenvalue weighted by molar-refractivity contribution is 0.980. The molecule has 4 nitrogen and oxygen atoms in total. The van der Waals surface area contributed by atoms with E-state index < -0.39 is 0 Å². The first-order chi connectivity index (χ1) is 6.65. The van der Waals surface area contributed by atoms with Crippen LogP contribution < -0.4 is 10.6 Å². The first kappa shape index (κ1) is 10.4. The summed E-state index contributed by atoms with van der Waals surface area (Å²) in [4.78, 5) is 2.32. The standard InChI is InChI=1S/C9H10N4S/c1-3-13(2)9-6(4-10)8(12)7(5-11)14-9/h3,12H2,1-2H3. The molecule has 0 saturated carbocycles. The fraction of sp³-hybridized carbons (Fsp3) is 0.333. The predicted molar refractivity (Wildman–Crippen MR) is 57.1 cm³/mol. The molecule has 0 amide bonds. The Morgan fingerprint density at radius 1 is 1.43 bits per heavy atom. The number of hydrogen-bond donors (Lipinski definition) is 1. The molecule has 1 aromatic heterocycles. The van der Waals surface area contributed by atoms with Gasteiger partial charge in [-0.3, -0.25) is 0 Å². The van der Waals surface area contributed by atoms with Crippen LogP contribution in [0.4, 0.5) is 10.7 Å². The van der Waals surface area contributed by atoms with E-state index in [0.717, 1.165) is 11.5 Å². The maximum atomic E-state index is 8.89. The molecule has 0 aromatic carbocycles. The molecule has 0 saturated heterocycles. The Morgan fingerprint density at radius 3 is 2.50 bits per heavy atom. The van der Waals surface area contributed by atoms with Crippen molar-refractivity contribution in [3.63, 3.8) is 0 Å². The van der Waals surface area contributed by atoms with Crippen LogP contribution in [0.2, 0.25) is 0 Å². The summed E-state index contributed by atoms with van der Waals surface area (Å²) in [5.41, 5.74) is 6.37. The average Bonchev–Trinajstić information content (AvgIpc) is 2.53. The molecule has 0 aliphatic rings. The van der Waals surface area contributed by atoms with E-state index in [1.54, 1.807) is 0 Å². The highest BCUT2D eigenvalue weighted by Crippen LogP contribution is 2.36. The van der Waals surface area contributed by atoms with E-state index in [2.05, 4.69) is 0 Å². The Bertz CT molecular complexity index is 421. The van der Waals surface area contributed by atoms with Crippen LogP contribution in [-0.4, -0.2) is 13.6 Å². The smallest absolute Gasteiger partial charge is 0.131 e. The second-order valence-electron chi connectivity index (χ2n) is 2.76. The van der Waals surface area contributed by atoms with Crippen LogP contribution in [0, 0.1) is 22.7 Å². The summed E-state index contributed by atoms with van der Waals surface area (Å²) < 4.78 is 0. The number of anilines is 2. The van der Waals surface area contributed by atoms with Crippen molar-refractivity contribution in [2.24, 2.45) is 0 Å². The fourth-order valence-corrected chi connectivity index (χ4v) is 2.03. The maximum Gasteiger partial charge on any atom is 0.131 e. The Morgan fingerprint density at radius 2 is 2.07 bits per heavy atom. The molecule has 0 unspecified atom stereocenters. The second-order valence-corrected chi connectivity index (χ2v) is 3.76. The summed E-state index contributed by atoms with van der Waals surface area (Å²) in [5, 5.41) is 18.4. The quantitative estimate of drug-likeness (QED) is 0.796. The van der Waals surface area contributed by atoms with E-state index in [1.807, 2.05) is 31.0 Å². The van der Waals surface area contributed by atoms with Gasteiger partial charge in [-0.15, -0.1) is 11.3 Å². The van der Waals surface area contributed by atoms with Crippen molar-refractivity contribution < 1.29 is 0 Å². The van der Waals surface area contributed by atoms with E-state index in [4.69, 9.17) is 16.3 Å². The highest BCUT2D eigenvalue weighted by Gasteiger charge is 2.17. The summed E-state index contributed by atoms with van der Waals surface area (Å²) in [6, 6.07) is 4.01. The number of hydrogen-bond acceptors (Lipinski definition) is 5. The molecule has 0 spiro atoms. The highest BCUT2D eigenvalue weighted by atomic mass is 32.1. The summed E-state index contributed by atoms with van der Waals surface area (Å²) >= 11 is 1.26. The molecule has 1 aromatic rings. The first-order valence-electron chi connectivity index (χ1n) is 4.09. The molecule has 0 aliphatic carbocycles. The molecule has 72 valence electrons. The van der Waals surface area contributed by atoms with Gasteiger partial charge in [-0.1, -0.05) is 0 Å². The molecular formula is C9H10N4S. The second kappa shape index (κ2) is 3.99. The van der Waals surface area contributed by atoms with Gasteiger partial charge < -0.3 is 10.6 Å². The minimum Gasteiger partial charge on any atom is -0.396 e. The zero-order valence-electron chi connectivity index (χ0n) is 8.03. The number of nitrogens with zero attached hydrogens (tertiary/aromatic N) is 3. The third kappa shape index (κ3) is 1.50. The summed E-state index contributed by atoms with van der Waals surface area (Å²) in [6.45, 7) is 2.75. The SMILES string of the molecule is CCN(C)c1sc(C#N)c(N)c1C#N. The van der Waals surface area contributed by atoms with Gasteiger partial charge in [0.2, 0.25) is 0 Å². The topological polar surface area (TPSA) is 76.8 Å². The van der Waals surface area contributed by atoms with Gasteiger partial charge in [-0.05, 0) is 6.92 Å². The van der Waals surface area contributed by atoms with E-state index in [9.17, 15) is 0 Å². The lowest BCUT2D eigenvalue weighted by atomic mass is 10.2. The van der Waals surface area contributed by atoms with Crippen LogP contribution >= 0.6 is 11.3 Å². The Hall–Kier alpha value is -1.72. The molecule has 0 radical (unpaired) electrons. The zero-order chi connectivity index (χ0) is 10.7. The number of rotatable bonds is 2. The van der Waals surface area contributed by atoms with E-state index in [1.165, 1.54) is 11.3 Å². The van der Waals surface area contributed by atoms with Crippen LogP contribution in [0.1, 0.15) is 17.4 Å². The van der Waals surface area contributed by atoms with Crippen LogP contribution in [-0.2, 0) is 0 Å². The van der Waals surface area contributed by atoms with Crippen molar-refractivity contribution >= 4 is 22.0 Å². The fourth-order valence-electron chi connectivity index (χ4n) is 1.03. The van der Waals surface area contributed by atoms with Crippen molar-refractivity contribution in [2.75, 3.05) is 24.2 Å². The van der Waals surface area contributed by atoms with Gasteiger partial charge >= 0.3 is 0 Å². The van der Waals surface area contributed by atoms with Crippen LogP contribution in [0.25, 0.3) is 0 Å². The van der Waals surface area contributed by atoms with Crippen molar-refractivity contribution in [1.82, 2.24) is 0 Å². The number of nitriles is 2. The van der Waals surface area contributed by atoms with Gasteiger partial charge in [0.1, 0.15) is 27.6 Å². The first-order valence-corrected chi connectivity index (χ1v) is 4.90. The average molecular weight is 206 g/mol. The minimum absolute atomic E-state index is 0.301. The number of nitrogens with two attached hydrogens (primary N) is 1. The summed E-state index contributed by atoms with van der Waals surface area (Å²) in [7, 11) is 1.87. The van der Waals surface area contributed by atoms with Crippen molar-refractivity contribution in [1.29, 1.82) is 10.5 Å². The summed E-state index contributed by atoms with van der Waals surface area (Å²) in [5.74, 6) is 0. The molecule has 0 bridgehead atoms. The lowest BCUT2D eigenvalue weighted by Crippen LogP contribution is -2.15. The molecule has 14 heavy (non-hydrogen) atoms. The van der Waals surface area contributed by atoms with E-state index in [-0.39, 0.29) is 0 Å². The highest BCUT2D eigenvalue weighted by molar-refractivity contribution is 7.17. The van der Waals surface area contributed by atoms with Gasteiger partial charge in [0.25, 0.3) is 0 Å². The molecule has 0 atom stereocenters. The van der Waals surface area contributed by atoms with Crippen LogP contribution in [0.5, 0.6) is 0 Å². The largest absolute Gasteiger partial charge is 0.396 e. The Kier molecular flexibility index (Phi) is 2.95. The van der Waals surface area contributed by atoms with Gasteiger partial charge in [0.05, 0.1) is 5.69 Å². The number of nitrogen functional groups attached to an aromatic ring is 1. The molecule has 1 heterocycles. The van der Waals surface area contributed by atoms with Gasteiger partial charge in [-0.25, -0.2) is 0 Å². The predicted octanol–water partition coefficient (Wildman–Crippen LogP) is 1.53. The van der Waals surface area contributed by atoms with Gasteiger partial charge in [-0.2, -0.15) is 10.5 Å². The third-order valence-electron chi connectivity index (χ3n) is 1.96. The number of thiophene rings is 1. The molecule has 5 heteroatoms. The van der Waals surface area contributed by atoms with Crippen molar-refractivity contribution in [3.05, 3.63) is 10.4 Å². The Balaban J connectivity index is 3.33. The summed E-state index contributed by atoms with van der Waals surface area (Å²) in [6.07, 6.45) is 0. The molecule has 1 rings (SSSR count). The monoisotopic (exact) mass is 206 g/mol. The van der Waals surface area contributed by atoms with E-state index >= 15 is 0 Å². The molecular weight excluding hydrogens is 196 g/mol. The van der Waals surface area contributed by atoms with Crippen LogP contribution in [0.15, 0.2) is 0 Å². The van der Waals surface area contributed by atoms with Crippen molar-refractivity contribution in [3.8, 4) is 12.1 Å². The molecule has 0 aliphatic heterocycles. The molecule has 0 fully saturated rings. The van der Waals surface area contributed by atoms with Crippen molar-refractivity contribution in [2.45, 2.75) is 6.92 Å². The van der Waals surface area contributed by atoms with Gasteiger partial charge in [0, 0.05) is 13.6 Å². The lowest BCUT2D eigenvalue weighted by Gasteiger charge is -2.13. The third-order valence-corrected chi connectivity index (χ3v) is 3.19. The molecule has 2 N–H and O–H groups in total. The van der Waals surface area contributed by atoms with Crippen LogP contribution in [0.3, 0.4) is 0 Å².